The summed E-state index contributed by atoms with van der Waals surface area (Å²) in [4.78, 5) is 14.5. The van der Waals surface area contributed by atoms with Crippen LogP contribution in [0.15, 0.2) is 12.1 Å². The van der Waals surface area contributed by atoms with Crippen LogP contribution >= 0.6 is 0 Å². The third-order valence-corrected chi connectivity index (χ3v) is 1.47. The molecular formula is C8H11N3O3. The molecule has 1 aromatic heterocycles. The second-order valence-corrected chi connectivity index (χ2v) is 2.42. The number of urea groups is 1. The average molecular weight is 197 g/mol. The third kappa shape index (κ3) is 2.51. The number of nitrogens with one attached hydrogen (secondary N) is 1. The molecule has 76 valence electrons. The van der Waals surface area contributed by atoms with Gasteiger partial charge in [0.1, 0.15) is 11.6 Å². The molecule has 14 heavy (non-hydrogen) atoms. The zero-order valence-electron chi connectivity index (χ0n) is 7.90. The Balaban J connectivity index is 2.98. The molecule has 0 unspecified atom stereocenters. The molecule has 0 atom stereocenters. The summed E-state index contributed by atoms with van der Waals surface area (Å²) in [6.45, 7) is 0. The molecule has 0 fully saturated rings. The lowest BCUT2D eigenvalue weighted by Crippen LogP contribution is -2.20. The van der Waals surface area contributed by atoms with E-state index in [1.165, 1.54) is 20.3 Å². The summed E-state index contributed by atoms with van der Waals surface area (Å²) in [5, 5.41) is 2.32. The lowest BCUT2D eigenvalue weighted by atomic mass is 10.4. The Morgan fingerprint density at radius 2 is 2.14 bits per heavy atom. The normalized spacial score (nSPS) is 9.29. The Labute approximate surface area is 81.0 Å². The number of ether oxygens (including phenoxy) is 2. The Morgan fingerprint density at radius 3 is 2.64 bits per heavy atom. The summed E-state index contributed by atoms with van der Waals surface area (Å²) in [5.74, 6) is 1.16. The number of amides is 2. The molecule has 1 heterocycles. The Hall–Kier alpha value is -1.98. The Morgan fingerprint density at radius 1 is 1.43 bits per heavy atom. The second kappa shape index (κ2) is 4.31. The standard InChI is InChI=1S/C8H11N3O3/c1-13-5-3-6(11-8(9)12)10-7(4-5)14-2/h3-4H,1-2H3,(H3,9,10,11,12). The molecule has 1 aromatic rings. The number of rotatable bonds is 3. The van der Waals surface area contributed by atoms with Crippen molar-refractivity contribution in [3.05, 3.63) is 12.1 Å². The largest absolute Gasteiger partial charge is 0.496 e. The van der Waals surface area contributed by atoms with Crippen LogP contribution in [0.25, 0.3) is 0 Å². The quantitative estimate of drug-likeness (QED) is 0.742. The van der Waals surface area contributed by atoms with E-state index in [1.807, 2.05) is 0 Å². The van der Waals surface area contributed by atoms with Crippen molar-refractivity contribution < 1.29 is 14.3 Å². The number of aromatic nitrogens is 1. The van der Waals surface area contributed by atoms with E-state index < -0.39 is 6.03 Å². The van der Waals surface area contributed by atoms with E-state index >= 15 is 0 Å². The number of methoxy groups -OCH3 is 2. The minimum Gasteiger partial charge on any atom is -0.496 e. The van der Waals surface area contributed by atoms with Crippen molar-refractivity contribution in [2.45, 2.75) is 0 Å². The van der Waals surface area contributed by atoms with E-state index in [4.69, 9.17) is 15.2 Å². The molecule has 6 heteroatoms. The molecule has 0 radical (unpaired) electrons. The zero-order chi connectivity index (χ0) is 10.6. The minimum absolute atomic E-state index is 0.286. The smallest absolute Gasteiger partial charge is 0.317 e. The van der Waals surface area contributed by atoms with Gasteiger partial charge in [-0.05, 0) is 0 Å². The van der Waals surface area contributed by atoms with Gasteiger partial charge in [0, 0.05) is 12.1 Å². The monoisotopic (exact) mass is 197 g/mol. The van der Waals surface area contributed by atoms with Crippen LogP contribution < -0.4 is 20.5 Å². The number of pyridine rings is 1. The number of carbonyl (C=O) groups is 1. The fraction of sp³-hybridized carbons (Fsp3) is 0.250. The van der Waals surface area contributed by atoms with Crippen LogP contribution in [0.5, 0.6) is 11.6 Å². The van der Waals surface area contributed by atoms with E-state index in [0.29, 0.717) is 11.6 Å². The van der Waals surface area contributed by atoms with Gasteiger partial charge in [0.2, 0.25) is 5.88 Å². The first-order valence-electron chi connectivity index (χ1n) is 3.82. The van der Waals surface area contributed by atoms with Gasteiger partial charge < -0.3 is 15.2 Å². The maximum atomic E-state index is 10.6. The van der Waals surface area contributed by atoms with Gasteiger partial charge in [-0.2, -0.15) is 4.98 Å². The van der Waals surface area contributed by atoms with E-state index in [0.717, 1.165) is 0 Å². The van der Waals surface area contributed by atoms with Crippen molar-refractivity contribution in [1.29, 1.82) is 0 Å². The number of hydrogen-bond acceptors (Lipinski definition) is 4. The maximum absolute atomic E-state index is 10.6. The molecule has 1 rings (SSSR count). The predicted octanol–water partition coefficient (Wildman–Crippen LogP) is 0.589. The molecule has 0 aromatic carbocycles. The number of nitrogens with zero attached hydrogens (tertiary/aromatic N) is 1. The van der Waals surface area contributed by atoms with Crippen molar-refractivity contribution in [3.8, 4) is 11.6 Å². The van der Waals surface area contributed by atoms with Gasteiger partial charge in [0.25, 0.3) is 0 Å². The van der Waals surface area contributed by atoms with Gasteiger partial charge in [0.15, 0.2) is 0 Å². The molecular weight excluding hydrogens is 186 g/mol. The van der Waals surface area contributed by atoms with E-state index in [9.17, 15) is 4.79 Å². The van der Waals surface area contributed by atoms with Crippen molar-refractivity contribution in [1.82, 2.24) is 4.98 Å². The highest BCUT2D eigenvalue weighted by Crippen LogP contribution is 2.21. The first-order chi connectivity index (χ1) is 6.65. The van der Waals surface area contributed by atoms with Crippen LogP contribution in [0.4, 0.5) is 10.6 Å². The molecule has 0 aliphatic heterocycles. The summed E-state index contributed by atoms with van der Waals surface area (Å²) >= 11 is 0. The van der Waals surface area contributed by atoms with Gasteiger partial charge >= 0.3 is 6.03 Å². The van der Waals surface area contributed by atoms with Crippen molar-refractivity contribution in [2.24, 2.45) is 5.73 Å². The van der Waals surface area contributed by atoms with Gasteiger partial charge in [-0.3, -0.25) is 5.32 Å². The fourth-order valence-corrected chi connectivity index (χ4v) is 0.894. The average Bonchev–Trinajstić information content (AvgIpc) is 2.16. The summed E-state index contributed by atoms with van der Waals surface area (Å²) in [6, 6.07) is 2.44. The molecule has 0 aliphatic rings. The summed E-state index contributed by atoms with van der Waals surface area (Å²) < 4.78 is 9.86. The van der Waals surface area contributed by atoms with Gasteiger partial charge in [-0.1, -0.05) is 0 Å². The molecule has 0 spiro atoms. The third-order valence-electron chi connectivity index (χ3n) is 1.47. The van der Waals surface area contributed by atoms with Crippen LogP contribution in [0.2, 0.25) is 0 Å². The molecule has 0 saturated heterocycles. The Bertz CT molecular complexity index is 318. The lowest BCUT2D eigenvalue weighted by molar-refractivity contribution is 0.259. The fourth-order valence-electron chi connectivity index (χ4n) is 0.894. The molecule has 0 saturated carbocycles. The second-order valence-electron chi connectivity index (χ2n) is 2.42. The number of primary amides is 1. The first-order valence-corrected chi connectivity index (χ1v) is 3.82. The van der Waals surface area contributed by atoms with Crippen molar-refractivity contribution in [3.63, 3.8) is 0 Å². The van der Waals surface area contributed by atoms with Crippen LogP contribution in [0.1, 0.15) is 0 Å². The topological polar surface area (TPSA) is 86.5 Å². The highest BCUT2D eigenvalue weighted by molar-refractivity contribution is 5.86. The maximum Gasteiger partial charge on any atom is 0.317 e. The summed E-state index contributed by atoms with van der Waals surface area (Å²) in [7, 11) is 2.97. The molecule has 2 amide bonds. The first kappa shape index (κ1) is 10.1. The molecule has 0 bridgehead atoms. The van der Waals surface area contributed by atoms with E-state index in [1.54, 1.807) is 6.07 Å². The van der Waals surface area contributed by atoms with Gasteiger partial charge in [0.05, 0.1) is 14.2 Å². The SMILES string of the molecule is COc1cc(NC(N)=O)nc(OC)c1. The van der Waals surface area contributed by atoms with Crippen molar-refractivity contribution >= 4 is 11.8 Å². The summed E-state index contributed by atoms with van der Waals surface area (Å²) in [6.07, 6.45) is 0. The minimum atomic E-state index is -0.687. The van der Waals surface area contributed by atoms with Crippen LogP contribution in [-0.2, 0) is 0 Å². The van der Waals surface area contributed by atoms with E-state index in [-0.39, 0.29) is 5.82 Å². The highest BCUT2D eigenvalue weighted by atomic mass is 16.5. The van der Waals surface area contributed by atoms with Gasteiger partial charge in [-0.15, -0.1) is 0 Å². The van der Waals surface area contributed by atoms with Gasteiger partial charge in [-0.25, -0.2) is 4.79 Å². The number of anilines is 1. The number of carbonyl (C=O) groups excluding carboxylic acids is 1. The zero-order valence-corrected chi connectivity index (χ0v) is 7.90. The van der Waals surface area contributed by atoms with Crippen LogP contribution in [-0.4, -0.2) is 25.2 Å². The molecule has 6 nitrogen and oxygen atoms in total. The highest BCUT2D eigenvalue weighted by Gasteiger charge is 2.04. The van der Waals surface area contributed by atoms with Crippen molar-refractivity contribution in [2.75, 3.05) is 19.5 Å². The molecule has 3 N–H and O–H groups in total. The lowest BCUT2D eigenvalue weighted by Gasteiger charge is -2.06. The van der Waals surface area contributed by atoms with E-state index in [2.05, 4.69) is 10.3 Å². The number of hydrogen-bond donors (Lipinski definition) is 2. The van der Waals surface area contributed by atoms with Crippen LogP contribution in [0.3, 0.4) is 0 Å². The predicted molar refractivity (Wildman–Crippen MR) is 50.5 cm³/mol. The number of nitrogens with two attached hydrogens (primary N) is 1. The van der Waals surface area contributed by atoms with Crippen LogP contribution in [0, 0.1) is 0 Å². The molecule has 0 aliphatic carbocycles. The summed E-state index contributed by atoms with van der Waals surface area (Å²) in [5.41, 5.74) is 4.94. The Kier molecular flexibility index (Phi) is 3.11.